The van der Waals surface area contributed by atoms with Gasteiger partial charge in [0.05, 0.1) is 0 Å². The third-order valence-electron chi connectivity index (χ3n) is 4.07. The first-order chi connectivity index (χ1) is 10.6. The summed E-state index contributed by atoms with van der Waals surface area (Å²) in [7, 11) is 0. The molecule has 1 atom stereocenters. The SMILES string of the molecule is CC(C)c1cc(C(=O)Nc2ccc(C[C@@H]3CCN3)cc2)n[nH]1. The molecule has 1 aromatic heterocycles. The fraction of sp³-hybridized carbons (Fsp3) is 0.412. The predicted molar refractivity (Wildman–Crippen MR) is 87.2 cm³/mol. The molecule has 0 bridgehead atoms. The third-order valence-corrected chi connectivity index (χ3v) is 4.07. The van der Waals surface area contributed by atoms with E-state index in [4.69, 9.17) is 0 Å². The minimum Gasteiger partial charge on any atom is -0.321 e. The number of carbonyl (C=O) groups excluding carboxylic acids is 1. The molecule has 5 heteroatoms. The van der Waals surface area contributed by atoms with Gasteiger partial charge in [0, 0.05) is 17.4 Å². The highest BCUT2D eigenvalue weighted by Gasteiger charge is 2.16. The van der Waals surface area contributed by atoms with Crippen molar-refractivity contribution < 1.29 is 4.79 Å². The van der Waals surface area contributed by atoms with Crippen molar-refractivity contribution in [3.8, 4) is 0 Å². The molecule has 1 aromatic carbocycles. The Morgan fingerprint density at radius 3 is 2.64 bits per heavy atom. The molecule has 0 spiro atoms. The fourth-order valence-corrected chi connectivity index (χ4v) is 2.48. The summed E-state index contributed by atoms with van der Waals surface area (Å²) in [6, 6.07) is 10.4. The van der Waals surface area contributed by atoms with E-state index in [0.29, 0.717) is 17.7 Å². The summed E-state index contributed by atoms with van der Waals surface area (Å²) < 4.78 is 0. The van der Waals surface area contributed by atoms with Gasteiger partial charge in [0.1, 0.15) is 0 Å². The minimum atomic E-state index is -0.184. The highest BCUT2D eigenvalue weighted by molar-refractivity contribution is 6.02. The lowest BCUT2D eigenvalue weighted by Gasteiger charge is -2.27. The molecule has 1 aliphatic rings. The van der Waals surface area contributed by atoms with Crippen molar-refractivity contribution in [1.82, 2.24) is 15.5 Å². The molecule has 116 valence electrons. The van der Waals surface area contributed by atoms with Gasteiger partial charge in [-0.05, 0) is 49.1 Å². The van der Waals surface area contributed by atoms with E-state index in [-0.39, 0.29) is 5.91 Å². The van der Waals surface area contributed by atoms with Gasteiger partial charge in [0.25, 0.3) is 5.91 Å². The zero-order valence-corrected chi connectivity index (χ0v) is 13.0. The number of hydrogen-bond acceptors (Lipinski definition) is 3. The molecule has 0 radical (unpaired) electrons. The Bertz CT molecular complexity index is 641. The van der Waals surface area contributed by atoms with Gasteiger partial charge in [0.15, 0.2) is 5.69 Å². The van der Waals surface area contributed by atoms with Crippen molar-refractivity contribution >= 4 is 11.6 Å². The van der Waals surface area contributed by atoms with E-state index in [1.165, 1.54) is 12.0 Å². The Morgan fingerprint density at radius 2 is 2.09 bits per heavy atom. The molecule has 5 nitrogen and oxygen atoms in total. The third kappa shape index (κ3) is 3.36. The number of rotatable bonds is 5. The van der Waals surface area contributed by atoms with Crippen molar-refractivity contribution in [2.24, 2.45) is 0 Å². The van der Waals surface area contributed by atoms with E-state index >= 15 is 0 Å². The number of hydrogen-bond donors (Lipinski definition) is 3. The van der Waals surface area contributed by atoms with Crippen LogP contribution < -0.4 is 10.6 Å². The minimum absolute atomic E-state index is 0.184. The zero-order valence-electron chi connectivity index (χ0n) is 13.0. The predicted octanol–water partition coefficient (Wildman–Crippen LogP) is 2.69. The van der Waals surface area contributed by atoms with E-state index in [1.807, 2.05) is 12.1 Å². The molecule has 3 rings (SSSR count). The second kappa shape index (κ2) is 6.32. The molecular formula is C17H22N4O. The van der Waals surface area contributed by atoms with Gasteiger partial charge in [-0.2, -0.15) is 5.10 Å². The molecule has 2 heterocycles. The number of benzene rings is 1. The maximum atomic E-state index is 12.2. The molecule has 0 saturated carbocycles. The van der Waals surface area contributed by atoms with Gasteiger partial charge in [-0.15, -0.1) is 0 Å². The summed E-state index contributed by atoms with van der Waals surface area (Å²) >= 11 is 0. The maximum absolute atomic E-state index is 12.2. The summed E-state index contributed by atoms with van der Waals surface area (Å²) in [6.45, 7) is 5.25. The van der Waals surface area contributed by atoms with Crippen LogP contribution in [0.15, 0.2) is 30.3 Å². The summed E-state index contributed by atoms with van der Waals surface area (Å²) in [5, 5.41) is 13.2. The van der Waals surface area contributed by atoms with Gasteiger partial charge in [0.2, 0.25) is 0 Å². The molecule has 1 saturated heterocycles. The highest BCUT2D eigenvalue weighted by atomic mass is 16.1. The quantitative estimate of drug-likeness (QED) is 0.795. The van der Waals surface area contributed by atoms with E-state index in [2.05, 4.69) is 46.8 Å². The van der Waals surface area contributed by atoms with E-state index in [1.54, 1.807) is 6.07 Å². The smallest absolute Gasteiger partial charge is 0.276 e. The number of nitrogens with zero attached hydrogens (tertiary/aromatic N) is 1. The van der Waals surface area contributed by atoms with Crippen molar-refractivity contribution in [3.63, 3.8) is 0 Å². The average molecular weight is 298 g/mol. The number of amides is 1. The molecular weight excluding hydrogens is 276 g/mol. The summed E-state index contributed by atoms with van der Waals surface area (Å²) in [5.41, 5.74) is 3.47. The molecule has 1 amide bonds. The van der Waals surface area contributed by atoms with E-state index in [0.717, 1.165) is 24.3 Å². The zero-order chi connectivity index (χ0) is 15.5. The van der Waals surface area contributed by atoms with Crippen LogP contribution in [0.5, 0.6) is 0 Å². The molecule has 0 aliphatic carbocycles. The van der Waals surface area contributed by atoms with Crippen LogP contribution in [0.1, 0.15) is 47.9 Å². The van der Waals surface area contributed by atoms with Crippen molar-refractivity contribution in [1.29, 1.82) is 0 Å². The molecule has 3 N–H and O–H groups in total. The van der Waals surface area contributed by atoms with Gasteiger partial charge >= 0.3 is 0 Å². The van der Waals surface area contributed by atoms with Crippen LogP contribution in [0, 0.1) is 0 Å². The van der Waals surface area contributed by atoms with E-state index < -0.39 is 0 Å². The van der Waals surface area contributed by atoms with Gasteiger partial charge < -0.3 is 10.6 Å². The molecule has 1 fully saturated rings. The first-order valence-corrected chi connectivity index (χ1v) is 7.81. The van der Waals surface area contributed by atoms with Crippen LogP contribution in [0.2, 0.25) is 0 Å². The summed E-state index contributed by atoms with van der Waals surface area (Å²) in [6.07, 6.45) is 2.29. The Hall–Kier alpha value is -2.14. The van der Waals surface area contributed by atoms with Crippen LogP contribution in [0.25, 0.3) is 0 Å². The second-order valence-electron chi connectivity index (χ2n) is 6.16. The molecule has 2 aromatic rings. The van der Waals surface area contributed by atoms with Crippen LogP contribution in [-0.2, 0) is 6.42 Å². The lowest BCUT2D eigenvalue weighted by molar-refractivity contribution is 0.102. The van der Waals surface area contributed by atoms with Crippen LogP contribution in [0.3, 0.4) is 0 Å². The number of H-pyrrole nitrogens is 1. The van der Waals surface area contributed by atoms with Gasteiger partial charge in [-0.3, -0.25) is 9.89 Å². The maximum Gasteiger partial charge on any atom is 0.276 e. The van der Waals surface area contributed by atoms with Crippen molar-refractivity contribution in [2.45, 2.75) is 38.6 Å². The Balaban J connectivity index is 1.60. The number of aromatic nitrogens is 2. The van der Waals surface area contributed by atoms with Crippen LogP contribution in [0.4, 0.5) is 5.69 Å². The number of aromatic amines is 1. The Labute approximate surface area is 130 Å². The summed E-state index contributed by atoms with van der Waals surface area (Å²) in [5.74, 6) is 0.144. The fourth-order valence-electron chi connectivity index (χ4n) is 2.48. The lowest BCUT2D eigenvalue weighted by atomic mass is 9.98. The van der Waals surface area contributed by atoms with Crippen LogP contribution in [-0.4, -0.2) is 28.7 Å². The standard InChI is InChI=1S/C17H22N4O/c1-11(2)15-10-16(21-20-15)17(22)19-13-5-3-12(4-6-13)9-14-7-8-18-14/h3-6,10-11,14,18H,7-9H2,1-2H3,(H,19,22)(H,20,21)/t14-/m0/s1. The van der Waals surface area contributed by atoms with Crippen LogP contribution >= 0.6 is 0 Å². The molecule has 0 unspecified atom stereocenters. The Kier molecular flexibility index (Phi) is 4.24. The summed E-state index contributed by atoms with van der Waals surface area (Å²) in [4.78, 5) is 12.2. The lowest BCUT2D eigenvalue weighted by Crippen LogP contribution is -2.44. The number of nitrogens with one attached hydrogen (secondary N) is 3. The number of anilines is 1. The monoisotopic (exact) mass is 298 g/mol. The first kappa shape index (κ1) is 14.8. The highest BCUT2D eigenvalue weighted by Crippen LogP contribution is 2.16. The van der Waals surface area contributed by atoms with E-state index in [9.17, 15) is 4.79 Å². The van der Waals surface area contributed by atoms with Crippen molar-refractivity contribution in [2.75, 3.05) is 11.9 Å². The van der Waals surface area contributed by atoms with Crippen molar-refractivity contribution in [3.05, 3.63) is 47.3 Å². The Morgan fingerprint density at radius 1 is 1.36 bits per heavy atom. The largest absolute Gasteiger partial charge is 0.321 e. The number of carbonyl (C=O) groups is 1. The van der Waals surface area contributed by atoms with Gasteiger partial charge in [-0.25, -0.2) is 0 Å². The molecule has 1 aliphatic heterocycles. The van der Waals surface area contributed by atoms with Gasteiger partial charge in [-0.1, -0.05) is 26.0 Å². The molecule has 22 heavy (non-hydrogen) atoms. The topological polar surface area (TPSA) is 69.8 Å². The normalized spacial score (nSPS) is 17.3. The average Bonchev–Trinajstić information content (AvgIpc) is 2.94. The first-order valence-electron chi connectivity index (χ1n) is 7.81. The second-order valence-corrected chi connectivity index (χ2v) is 6.16.